The molecule has 0 radical (unpaired) electrons. The maximum Gasteiger partial charge on any atom is 0.225 e. The van der Waals surface area contributed by atoms with Gasteiger partial charge in [0.2, 0.25) is 5.91 Å². The van der Waals surface area contributed by atoms with E-state index in [0.717, 1.165) is 32.2 Å². The Morgan fingerprint density at radius 1 is 1.44 bits per heavy atom. The molecule has 2 N–H and O–H groups in total. The van der Waals surface area contributed by atoms with Gasteiger partial charge >= 0.3 is 0 Å². The van der Waals surface area contributed by atoms with Gasteiger partial charge in [-0.1, -0.05) is 20.3 Å². The summed E-state index contributed by atoms with van der Waals surface area (Å²) in [6, 6.07) is 0.767. The molecule has 2 fully saturated rings. The number of rotatable bonds is 3. The van der Waals surface area contributed by atoms with Crippen LogP contribution in [-0.2, 0) is 4.79 Å². The third-order valence-electron chi connectivity index (χ3n) is 4.14. The Balaban J connectivity index is 1.98. The molecule has 0 aromatic heterocycles. The zero-order valence-electron chi connectivity index (χ0n) is 10.5. The maximum atomic E-state index is 12.3. The molecular weight excluding hydrogens is 200 g/mol. The largest absolute Gasteiger partial charge is 0.339 e. The van der Waals surface area contributed by atoms with Gasteiger partial charge in [-0.2, -0.15) is 0 Å². The average Bonchev–Trinajstić information content (AvgIpc) is 2.53. The zero-order chi connectivity index (χ0) is 11.7. The fourth-order valence-electron chi connectivity index (χ4n) is 3.39. The molecule has 3 heteroatoms. The summed E-state index contributed by atoms with van der Waals surface area (Å²) in [6.45, 7) is 5.17. The number of fused-ring (bicyclic) bond motifs is 2. The molecule has 1 saturated heterocycles. The molecule has 1 aliphatic heterocycles. The van der Waals surface area contributed by atoms with E-state index in [2.05, 4.69) is 18.7 Å². The van der Waals surface area contributed by atoms with E-state index in [1.807, 2.05) is 0 Å². The number of carbonyl (C=O) groups excluding carboxylic acids is 1. The fourth-order valence-corrected chi connectivity index (χ4v) is 3.39. The molecule has 1 aliphatic carbocycles. The summed E-state index contributed by atoms with van der Waals surface area (Å²) in [5.74, 6) is 1.23. The Kier molecular flexibility index (Phi) is 3.53. The molecule has 0 spiro atoms. The Morgan fingerprint density at radius 2 is 2.19 bits per heavy atom. The Hall–Kier alpha value is -0.570. The van der Waals surface area contributed by atoms with Crippen LogP contribution in [0.5, 0.6) is 0 Å². The summed E-state index contributed by atoms with van der Waals surface area (Å²) < 4.78 is 0. The normalized spacial score (nSPS) is 35.2. The average molecular weight is 224 g/mol. The van der Waals surface area contributed by atoms with E-state index < -0.39 is 0 Å². The predicted octanol–water partition coefficient (Wildman–Crippen LogP) is 1.76. The number of amides is 1. The van der Waals surface area contributed by atoms with Crippen molar-refractivity contribution in [3.05, 3.63) is 0 Å². The number of likely N-dealkylation sites (tertiary alicyclic amines) is 1. The number of nitrogens with two attached hydrogens (primary N) is 1. The van der Waals surface area contributed by atoms with Gasteiger partial charge in [0, 0.05) is 24.5 Å². The van der Waals surface area contributed by atoms with Gasteiger partial charge < -0.3 is 10.6 Å². The smallest absolute Gasteiger partial charge is 0.225 e. The van der Waals surface area contributed by atoms with Gasteiger partial charge in [0.15, 0.2) is 0 Å². The van der Waals surface area contributed by atoms with Crippen molar-refractivity contribution < 1.29 is 4.79 Å². The second kappa shape index (κ2) is 4.74. The first kappa shape index (κ1) is 11.9. The molecule has 92 valence electrons. The van der Waals surface area contributed by atoms with Crippen LogP contribution in [0.2, 0.25) is 0 Å². The molecule has 1 heterocycles. The first-order valence-corrected chi connectivity index (χ1v) is 6.67. The van der Waals surface area contributed by atoms with Crippen LogP contribution in [0.25, 0.3) is 0 Å². The maximum absolute atomic E-state index is 12.3. The summed E-state index contributed by atoms with van der Waals surface area (Å²) >= 11 is 0. The summed E-state index contributed by atoms with van der Waals surface area (Å²) in [6.07, 6.45) is 5.43. The first-order chi connectivity index (χ1) is 7.61. The van der Waals surface area contributed by atoms with E-state index in [9.17, 15) is 4.79 Å². The van der Waals surface area contributed by atoms with E-state index in [0.29, 0.717) is 23.9 Å². The highest BCUT2D eigenvalue weighted by Gasteiger charge is 2.41. The number of carbonyl (C=O) groups is 1. The quantitative estimate of drug-likeness (QED) is 0.794. The van der Waals surface area contributed by atoms with Crippen molar-refractivity contribution in [2.45, 2.75) is 58.0 Å². The standard InChI is InChI=1S/C13H24N2O/c1-3-4-9(2)13(16)15-8-10-5-11(14)7-12(15)6-10/h9-12H,3-8,14H2,1-2H3. The Labute approximate surface area is 98.4 Å². The molecule has 0 aromatic carbocycles. The van der Waals surface area contributed by atoms with Crippen molar-refractivity contribution in [1.29, 1.82) is 0 Å². The van der Waals surface area contributed by atoms with Crippen molar-refractivity contribution in [2.24, 2.45) is 17.6 Å². The first-order valence-electron chi connectivity index (χ1n) is 6.67. The lowest BCUT2D eigenvalue weighted by Gasteiger charge is -2.29. The summed E-state index contributed by atoms with van der Waals surface area (Å²) in [5, 5.41) is 0. The van der Waals surface area contributed by atoms with Gasteiger partial charge in [-0.25, -0.2) is 0 Å². The van der Waals surface area contributed by atoms with Crippen molar-refractivity contribution in [3.63, 3.8) is 0 Å². The molecule has 1 amide bonds. The van der Waals surface area contributed by atoms with Crippen molar-refractivity contribution in [2.75, 3.05) is 6.54 Å². The van der Waals surface area contributed by atoms with Gasteiger partial charge in [0.05, 0.1) is 0 Å². The molecule has 4 unspecified atom stereocenters. The minimum absolute atomic E-state index is 0.195. The lowest BCUT2D eigenvalue weighted by molar-refractivity contribution is -0.136. The lowest BCUT2D eigenvalue weighted by atomic mass is 9.87. The van der Waals surface area contributed by atoms with E-state index in [4.69, 9.17) is 5.73 Å². The van der Waals surface area contributed by atoms with E-state index in [1.165, 1.54) is 6.42 Å². The van der Waals surface area contributed by atoms with Crippen LogP contribution in [0.4, 0.5) is 0 Å². The van der Waals surface area contributed by atoms with Crippen LogP contribution >= 0.6 is 0 Å². The molecule has 1 saturated carbocycles. The van der Waals surface area contributed by atoms with Gasteiger partial charge in [0.1, 0.15) is 0 Å². The second-order valence-corrected chi connectivity index (χ2v) is 5.67. The van der Waals surface area contributed by atoms with Crippen LogP contribution in [0, 0.1) is 11.8 Å². The monoisotopic (exact) mass is 224 g/mol. The summed E-state index contributed by atoms with van der Waals surface area (Å²) in [4.78, 5) is 14.4. The molecule has 0 aromatic rings. The fraction of sp³-hybridized carbons (Fsp3) is 0.923. The molecule has 2 rings (SSSR count). The van der Waals surface area contributed by atoms with Crippen LogP contribution < -0.4 is 5.73 Å². The highest BCUT2D eigenvalue weighted by molar-refractivity contribution is 5.79. The summed E-state index contributed by atoms with van der Waals surface area (Å²) in [7, 11) is 0. The van der Waals surface area contributed by atoms with Crippen molar-refractivity contribution in [3.8, 4) is 0 Å². The molecule has 3 nitrogen and oxygen atoms in total. The van der Waals surface area contributed by atoms with E-state index in [1.54, 1.807) is 0 Å². The van der Waals surface area contributed by atoms with Gasteiger partial charge in [0.25, 0.3) is 0 Å². The van der Waals surface area contributed by atoms with Crippen LogP contribution in [0.15, 0.2) is 0 Å². The summed E-state index contributed by atoms with van der Waals surface area (Å²) in [5.41, 5.74) is 6.01. The minimum Gasteiger partial charge on any atom is -0.339 e. The van der Waals surface area contributed by atoms with Crippen LogP contribution in [-0.4, -0.2) is 29.4 Å². The molecular formula is C13H24N2O. The Bertz CT molecular complexity index is 267. The molecule has 4 atom stereocenters. The van der Waals surface area contributed by atoms with Crippen molar-refractivity contribution >= 4 is 5.91 Å². The topological polar surface area (TPSA) is 46.3 Å². The van der Waals surface area contributed by atoms with Crippen molar-refractivity contribution in [1.82, 2.24) is 4.90 Å². The molecule has 2 bridgehead atoms. The van der Waals surface area contributed by atoms with Gasteiger partial charge in [-0.05, 0) is 31.6 Å². The van der Waals surface area contributed by atoms with Crippen LogP contribution in [0.3, 0.4) is 0 Å². The molecule has 2 aliphatic rings. The van der Waals surface area contributed by atoms with E-state index in [-0.39, 0.29) is 5.92 Å². The number of nitrogens with zero attached hydrogens (tertiary/aromatic N) is 1. The third kappa shape index (κ3) is 2.24. The minimum atomic E-state index is 0.195. The highest BCUT2D eigenvalue weighted by Crippen LogP contribution is 2.35. The second-order valence-electron chi connectivity index (χ2n) is 5.67. The van der Waals surface area contributed by atoms with Gasteiger partial charge in [-0.15, -0.1) is 0 Å². The Morgan fingerprint density at radius 3 is 2.88 bits per heavy atom. The highest BCUT2D eigenvalue weighted by atomic mass is 16.2. The van der Waals surface area contributed by atoms with E-state index >= 15 is 0 Å². The zero-order valence-corrected chi connectivity index (χ0v) is 10.5. The van der Waals surface area contributed by atoms with Crippen LogP contribution in [0.1, 0.15) is 46.0 Å². The predicted molar refractivity (Wildman–Crippen MR) is 64.9 cm³/mol. The number of hydrogen-bond acceptors (Lipinski definition) is 2. The SMILES string of the molecule is CCCC(C)C(=O)N1CC2CC(N)CC1C2. The molecule has 16 heavy (non-hydrogen) atoms. The third-order valence-corrected chi connectivity index (χ3v) is 4.14. The lowest BCUT2D eigenvalue weighted by Crippen LogP contribution is -2.41. The number of hydrogen-bond donors (Lipinski definition) is 1. The van der Waals surface area contributed by atoms with Gasteiger partial charge in [-0.3, -0.25) is 4.79 Å².